The minimum Gasteiger partial charge on any atom is -0.327 e. The molecule has 3 heteroatoms. The van der Waals surface area contributed by atoms with Crippen molar-refractivity contribution >= 4 is 23.4 Å². The van der Waals surface area contributed by atoms with Crippen LogP contribution in [0.5, 0.6) is 0 Å². The summed E-state index contributed by atoms with van der Waals surface area (Å²) in [4.78, 5) is 1.31. The third-order valence-corrected chi connectivity index (χ3v) is 5.10. The van der Waals surface area contributed by atoms with E-state index in [1.54, 1.807) is 0 Å². The molecule has 0 spiro atoms. The van der Waals surface area contributed by atoms with Crippen molar-refractivity contribution in [3.05, 3.63) is 64.2 Å². The van der Waals surface area contributed by atoms with Crippen LogP contribution in [0.25, 0.3) is 0 Å². The Morgan fingerprint density at radius 1 is 1.14 bits per heavy atom. The molecule has 0 radical (unpaired) electrons. The molecular weight excluding hydrogens is 298 g/mol. The Morgan fingerprint density at radius 3 is 2.62 bits per heavy atom. The molecule has 2 aromatic rings. The molecule has 0 fully saturated rings. The molecule has 2 N–H and O–H groups in total. The van der Waals surface area contributed by atoms with Crippen molar-refractivity contribution in [3.63, 3.8) is 0 Å². The molecule has 2 aromatic carbocycles. The largest absolute Gasteiger partial charge is 0.327 e. The molecule has 1 nitrogen and oxygen atoms in total. The van der Waals surface area contributed by atoms with Crippen molar-refractivity contribution in [3.8, 4) is 0 Å². The molecule has 0 heterocycles. The zero-order valence-corrected chi connectivity index (χ0v) is 14.2. The quantitative estimate of drug-likeness (QED) is 0.739. The van der Waals surface area contributed by atoms with Gasteiger partial charge in [0.15, 0.2) is 0 Å². The fraction of sp³-hybridized carbons (Fsp3) is 0.333. The molecule has 112 valence electrons. The van der Waals surface area contributed by atoms with E-state index in [0.29, 0.717) is 0 Å². The third-order valence-electron chi connectivity index (χ3n) is 3.56. The number of benzene rings is 2. The summed E-state index contributed by atoms with van der Waals surface area (Å²) in [5.74, 6) is 0.886. The Kier molecular flexibility index (Phi) is 6.16. The fourth-order valence-corrected chi connectivity index (χ4v) is 3.54. The van der Waals surface area contributed by atoms with Gasteiger partial charge < -0.3 is 5.73 Å². The van der Waals surface area contributed by atoms with Crippen molar-refractivity contribution in [2.24, 2.45) is 5.73 Å². The first-order valence-electron chi connectivity index (χ1n) is 7.31. The number of rotatable bonds is 6. The van der Waals surface area contributed by atoms with Crippen LogP contribution < -0.4 is 5.73 Å². The van der Waals surface area contributed by atoms with E-state index in [9.17, 15) is 0 Å². The van der Waals surface area contributed by atoms with Crippen molar-refractivity contribution in [2.45, 2.75) is 43.4 Å². The van der Waals surface area contributed by atoms with Crippen LogP contribution in [0.2, 0.25) is 5.02 Å². The van der Waals surface area contributed by atoms with Crippen LogP contribution >= 0.6 is 23.4 Å². The van der Waals surface area contributed by atoms with Gasteiger partial charge in [-0.2, -0.15) is 0 Å². The number of nitrogens with two attached hydrogens (primary N) is 1. The molecule has 0 aliphatic carbocycles. The van der Waals surface area contributed by atoms with Crippen molar-refractivity contribution in [1.82, 2.24) is 0 Å². The molecule has 0 aliphatic rings. The van der Waals surface area contributed by atoms with Gasteiger partial charge in [0.05, 0.1) is 0 Å². The summed E-state index contributed by atoms with van der Waals surface area (Å²) in [6.45, 7) is 4.26. The van der Waals surface area contributed by atoms with Crippen LogP contribution in [-0.2, 0) is 12.2 Å². The van der Waals surface area contributed by atoms with Crippen LogP contribution in [0.3, 0.4) is 0 Å². The van der Waals surface area contributed by atoms with Crippen LogP contribution in [-0.4, -0.2) is 6.04 Å². The standard InChI is InChI=1S/C18H22ClNS/c1-3-16(20)11-15-10-13(2)8-9-18(15)21-12-14-6-4-5-7-17(14)19/h4-10,16H,3,11-12,20H2,1-2H3. The fourth-order valence-electron chi connectivity index (χ4n) is 2.21. The molecule has 1 atom stereocenters. The monoisotopic (exact) mass is 319 g/mol. The van der Waals surface area contributed by atoms with Crippen molar-refractivity contribution in [1.29, 1.82) is 0 Å². The lowest BCUT2D eigenvalue weighted by molar-refractivity contribution is 0.641. The SMILES string of the molecule is CCC(N)Cc1cc(C)ccc1SCc1ccccc1Cl. The maximum atomic E-state index is 6.23. The lowest BCUT2D eigenvalue weighted by Gasteiger charge is -2.14. The summed E-state index contributed by atoms with van der Waals surface area (Å²) < 4.78 is 0. The number of hydrogen-bond acceptors (Lipinski definition) is 2. The van der Waals surface area contributed by atoms with Crippen LogP contribution in [0.1, 0.15) is 30.0 Å². The highest BCUT2D eigenvalue weighted by Crippen LogP contribution is 2.30. The predicted octanol–water partition coefficient (Wildman–Crippen LogP) is 5.22. The number of aryl methyl sites for hydroxylation is 1. The van der Waals surface area contributed by atoms with E-state index in [2.05, 4.69) is 38.1 Å². The normalized spacial score (nSPS) is 12.4. The van der Waals surface area contributed by atoms with E-state index in [1.807, 2.05) is 30.0 Å². The third kappa shape index (κ3) is 4.77. The Hall–Kier alpha value is -0.960. The van der Waals surface area contributed by atoms with Gasteiger partial charge in [-0.05, 0) is 43.0 Å². The van der Waals surface area contributed by atoms with Gasteiger partial charge >= 0.3 is 0 Å². The number of thioether (sulfide) groups is 1. The van der Waals surface area contributed by atoms with Gasteiger partial charge in [0.2, 0.25) is 0 Å². The molecule has 0 amide bonds. The topological polar surface area (TPSA) is 26.0 Å². The molecule has 1 unspecified atom stereocenters. The maximum Gasteiger partial charge on any atom is 0.0446 e. The van der Waals surface area contributed by atoms with Gasteiger partial charge in [-0.1, -0.05) is 54.4 Å². The van der Waals surface area contributed by atoms with Crippen LogP contribution in [0.4, 0.5) is 0 Å². The highest BCUT2D eigenvalue weighted by atomic mass is 35.5. The highest BCUT2D eigenvalue weighted by molar-refractivity contribution is 7.98. The molecule has 0 saturated heterocycles. The summed E-state index contributed by atoms with van der Waals surface area (Å²) in [6, 6.07) is 14.9. The lowest BCUT2D eigenvalue weighted by Crippen LogP contribution is -2.21. The summed E-state index contributed by atoms with van der Waals surface area (Å²) in [5.41, 5.74) is 9.94. The highest BCUT2D eigenvalue weighted by Gasteiger charge is 2.09. The second kappa shape index (κ2) is 7.88. The molecule has 2 rings (SSSR count). The molecular formula is C18H22ClNS. The average molecular weight is 320 g/mol. The summed E-state index contributed by atoms with van der Waals surface area (Å²) in [7, 11) is 0. The molecule has 0 bridgehead atoms. The van der Waals surface area contributed by atoms with Crippen molar-refractivity contribution < 1.29 is 0 Å². The van der Waals surface area contributed by atoms with Crippen LogP contribution in [0, 0.1) is 6.92 Å². The first kappa shape index (κ1) is 16.4. The van der Waals surface area contributed by atoms with E-state index in [4.69, 9.17) is 17.3 Å². The smallest absolute Gasteiger partial charge is 0.0446 e. The molecule has 0 saturated carbocycles. The molecule has 0 aromatic heterocycles. The van der Waals surface area contributed by atoms with Crippen LogP contribution in [0.15, 0.2) is 47.4 Å². The van der Waals surface area contributed by atoms with E-state index < -0.39 is 0 Å². The summed E-state index contributed by atoms with van der Waals surface area (Å²) in [5, 5.41) is 0.837. The van der Waals surface area contributed by atoms with Gasteiger partial charge in [0.1, 0.15) is 0 Å². The Balaban J connectivity index is 2.14. The van der Waals surface area contributed by atoms with Crippen molar-refractivity contribution in [2.75, 3.05) is 0 Å². The van der Waals surface area contributed by atoms with Gasteiger partial charge in [-0.3, -0.25) is 0 Å². The first-order valence-corrected chi connectivity index (χ1v) is 8.67. The van der Waals surface area contributed by atoms with Gasteiger partial charge in [0, 0.05) is 21.7 Å². The van der Waals surface area contributed by atoms with Gasteiger partial charge in [0.25, 0.3) is 0 Å². The predicted molar refractivity (Wildman–Crippen MR) is 94.2 cm³/mol. The maximum absolute atomic E-state index is 6.23. The minimum atomic E-state index is 0.228. The van der Waals surface area contributed by atoms with E-state index >= 15 is 0 Å². The zero-order chi connectivity index (χ0) is 15.2. The average Bonchev–Trinajstić information content (AvgIpc) is 2.48. The summed E-state index contributed by atoms with van der Waals surface area (Å²) in [6.07, 6.45) is 1.94. The second-order valence-corrected chi connectivity index (χ2v) is 6.79. The molecule has 0 aliphatic heterocycles. The number of hydrogen-bond donors (Lipinski definition) is 1. The first-order chi connectivity index (χ1) is 10.1. The van der Waals surface area contributed by atoms with E-state index in [-0.39, 0.29) is 6.04 Å². The van der Waals surface area contributed by atoms with Gasteiger partial charge in [-0.25, -0.2) is 0 Å². The van der Waals surface area contributed by atoms with E-state index in [1.165, 1.54) is 21.6 Å². The summed E-state index contributed by atoms with van der Waals surface area (Å²) >= 11 is 8.06. The second-order valence-electron chi connectivity index (χ2n) is 5.36. The zero-order valence-electron chi connectivity index (χ0n) is 12.6. The lowest BCUT2D eigenvalue weighted by atomic mass is 10.0. The number of halogens is 1. The van der Waals surface area contributed by atoms with Gasteiger partial charge in [-0.15, -0.1) is 11.8 Å². The Labute approximate surface area is 136 Å². The van der Waals surface area contributed by atoms with E-state index in [0.717, 1.165) is 23.6 Å². The Bertz CT molecular complexity index is 598. The minimum absolute atomic E-state index is 0.228. The Morgan fingerprint density at radius 2 is 1.90 bits per heavy atom. The molecule has 21 heavy (non-hydrogen) atoms.